The molecule has 18 heavy (non-hydrogen) atoms. The van der Waals surface area contributed by atoms with Gasteiger partial charge in [-0.25, -0.2) is 4.79 Å². The van der Waals surface area contributed by atoms with Gasteiger partial charge in [0.25, 0.3) is 0 Å². The van der Waals surface area contributed by atoms with Gasteiger partial charge in [0.1, 0.15) is 6.61 Å². The lowest BCUT2D eigenvalue weighted by molar-refractivity contribution is 0.171. The number of primary amides is 1. The number of fused-ring (bicyclic) bond motifs is 3. The average Bonchev–Trinajstić information content (AvgIpc) is 2.80. The van der Waals surface area contributed by atoms with Crippen LogP contribution in [0, 0.1) is 0 Å². The molecule has 90 valence electrons. The highest BCUT2D eigenvalue weighted by atomic mass is 16.5. The number of hydrogen-bond donors (Lipinski definition) is 1. The number of ether oxygens (including phenoxy) is 1. The van der Waals surface area contributed by atoms with E-state index in [1.54, 1.807) is 0 Å². The van der Waals surface area contributed by atoms with Gasteiger partial charge in [-0.2, -0.15) is 0 Å². The molecule has 3 heteroatoms. The third kappa shape index (κ3) is 1.74. The van der Waals surface area contributed by atoms with Crippen LogP contribution in [0.25, 0.3) is 16.3 Å². The topological polar surface area (TPSA) is 52.3 Å². The Morgan fingerprint density at radius 1 is 1.22 bits per heavy atom. The SMILES string of the molecule is NC(=O)OCC1=CCc2c1ccc1ccccc21. The van der Waals surface area contributed by atoms with Crippen molar-refractivity contribution in [3.63, 3.8) is 0 Å². The minimum absolute atomic E-state index is 0.251. The fourth-order valence-corrected chi connectivity index (χ4v) is 2.48. The molecule has 2 aromatic rings. The summed E-state index contributed by atoms with van der Waals surface area (Å²) in [6, 6.07) is 12.5. The molecule has 0 saturated carbocycles. The van der Waals surface area contributed by atoms with Crippen LogP contribution < -0.4 is 5.73 Å². The summed E-state index contributed by atoms with van der Waals surface area (Å²) in [6.07, 6.45) is 2.25. The first-order valence-electron chi connectivity index (χ1n) is 5.88. The lowest BCUT2D eigenvalue weighted by Crippen LogP contribution is -2.14. The van der Waals surface area contributed by atoms with Crippen LogP contribution in [0.4, 0.5) is 4.79 Å². The highest BCUT2D eigenvalue weighted by Gasteiger charge is 2.17. The number of carbonyl (C=O) groups is 1. The van der Waals surface area contributed by atoms with E-state index in [2.05, 4.69) is 30.3 Å². The molecule has 0 unspecified atom stereocenters. The maximum Gasteiger partial charge on any atom is 0.404 e. The molecule has 0 atom stereocenters. The summed E-state index contributed by atoms with van der Waals surface area (Å²) in [4.78, 5) is 10.7. The largest absolute Gasteiger partial charge is 0.445 e. The molecule has 1 amide bonds. The van der Waals surface area contributed by atoms with Crippen molar-refractivity contribution in [2.45, 2.75) is 6.42 Å². The molecule has 0 radical (unpaired) electrons. The van der Waals surface area contributed by atoms with Gasteiger partial charge in [0.05, 0.1) is 0 Å². The van der Waals surface area contributed by atoms with Gasteiger partial charge < -0.3 is 10.5 Å². The summed E-state index contributed by atoms with van der Waals surface area (Å²) >= 11 is 0. The predicted octanol–water partition coefficient (Wildman–Crippen LogP) is 2.87. The maximum atomic E-state index is 10.7. The van der Waals surface area contributed by atoms with E-state index in [9.17, 15) is 4.79 Å². The molecule has 0 fully saturated rings. The number of benzene rings is 2. The van der Waals surface area contributed by atoms with Crippen molar-refractivity contribution in [3.05, 3.63) is 53.6 Å². The normalized spacial score (nSPS) is 13.2. The molecule has 1 aliphatic carbocycles. The van der Waals surface area contributed by atoms with Crippen LogP contribution in [-0.4, -0.2) is 12.7 Å². The van der Waals surface area contributed by atoms with Crippen molar-refractivity contribution in [1.82, 2.24) is 0 Å². The molecule has 0 bridgehead atoms. The highest BCUT2D eigenvalue weighted by molar-refractivity contribution is 5.93. The fourth-order valence-electron chi connectivity index (χ4n) is 2.48. The quantitative estimate of drug-likeness (QED) is 0.876. The van der Waals surface area contributed by atoms with Crippen LogP contribution in [0.15, 0.2) is 42.5 Å². The molecule has 3 rings (SSSR count). The number of hydrogen-bond acceptors (Lipinski definition) is 2. The molecule has 0 saturated heterocycles. The fraction of sp³-hybridized carbons (Fsp3) is 0.133. The first kappa shape index (κ1) is 10.8. The lowest BCUT2D eigenvalue weighted by Gasteiger charge is -2.08. The van der Waals surface area contributed by atoms with E-state index >= 15 is 0 Å². The summed E-state index contributed by atoms with van der Waals surface area (Å²) in [5.74, 6) is 0. The third-order valence-electron chi connectivity index (χ3n) is 3.31. The lowest BCUT2D eigenvalue weighted by atomic mass is 9.98. The molecule has 3 nitrogen and oxygen atoms in total. The van der Waals surface area contributed by atoms with Crippen molar-refractivity contribution in [2.24, 2.45) is 5.73 Å². The Balaban J connectivity index is 2.00. The number of carbonyl (C=O) groups excluding carboxylic acids is 1. The summed E-state index contributed by atoms with van der Waals surface area (Å²) in [6.45, 7) is 0.251. The zero-order valence-electron chi connectivity index (χ0n) is 9.85. The van der Waals surface area contributed by atoms with Gasteiger partial charge in [-0.15, -0.1) is 0 Å². The summed E-state index contributed by atoms with van der Waals surface area (Å²) in [5, 5.41) is 2.50. The van der Waals surface area contributed by atoms with Crippen molar-refractivity contribution >= 4 is 22.4 Å². The Bertz CT molecular complexity index is 659. The van der Waals surface area contributed by atoms with Crippen LogP contribution in [0.2, 0.25) is 0 Å². The van der Waals surface area contributed by atoms with E-state index in [0.29, 0.717) is 0 Å². The number of allylic oxidation sites excluding steroid dienone is 1. The summed E-state index contributed by atoms with van der Waals surface area (Å²) < 4.78 is 4.87. The van der Waals surface area contributed by atoms with Gasteiger partial charge in [-0.1, -0.05) is 42.5 Å². The van der Waals surface area contributed by atoms with E-state index < -0.39 is 6.09 Å². The highest BCUT2D eigenvalue weighted by Crippen LogP contribution is 2.33. The second kappa shape index (κ2) is 4.18. The van der Waals surface area contributed by atoms with Gasteiger partial charge in [0.15, 0.2) is 0 Å². The molecule has 0 spiro atoms. The molecule has 0 aliphatic heterocycles. The number of rotatable bonds is 2. The number of nitrogens with two attached hydrogens (primary N) is 1. The standard InChI is InChI=1S/C15H13NO2/c16-15(17)18-9-11-6-8-14-12-4-2-1-3-10(12)5-7-13(11)14/h1-7H,8-9H2,(H2,16,17). The molecular weight excluding hydrogens is 226 g/mol. The Morgan fingerprint density at radius 2 is 2.06 bits per heavy atom. The van der Waals surface area contributed by atoms with Crippen LogP contribution >= 0.6 is 0 Å². The molecule has 0 aromatic heterocycles. The van der Waals surface area contributed by atoms with Crippen molar-refractivity contribution in [1.29, 1.82) is 0 Å². The average molecular weight is 239 g/mol. The van der Waals surface area contributed by atoms with Gasteiger partial charge in [0, 0.05) is 0 Å². The van der Waals surface area contributed by atoms with Crippen LogP contribution in [0.5, 0.6) is 0 Å². The third-order valence-corrected chi connectivity index (χ3v) is 3.31. The minimum atomic E-state index is -0.731. The van der Waals surface area contributed by atoms with Crippen molar-refractivity contribution in [2.75, 3.05) is 6.61 Å². The molecular formula is C15H13NO2. The number of amides is 1. The second-order valence-corrected chi connectivity index (χ2v) is 4.35. The first-order valence-corrected chi connectivity index (χ1v) is 5.88. The van der Waals surface area contributed by atoms with Gasteiger partial charge in [-0.3, -0.25) is 0 Å². The van der Waals surface area contributed by atoms with E-state index in [1.807, 2.05) is 12.1 Å². The van der Waals surface area contributed by atoms with E-state index in [1.165, 1.54) is 16.3 Å². The zero-order chi connectivity index (χ0) is 12.5. The smallest absolute Gasteiger partial charge is 0.404 e. The van der Waals surface area contributed by atoms with Crippen LogP contribution in [0.3, 0.4) is 0 Å². The van der Waals surface area contributed by atoms with Crippen LogP contribution in [-0.2, 0) is 11.2 Å². The Labute approximate surface area is 105 Å². The van der Waals surface area contributed by atoms with Gasteiger partial charge >= 0.3 is 6.09 Å². The Kier molecular flexibility index (Phi) is 2.52. The predicted molar refractivity (Wildman–Crippen MR) is 71.2 cm³/mol. The molecule has 1 aliphatic rings. The van der Waals surface area contributed by atoms with E-state index in [-0.39, 0.29) is 6.61 Å². The van der Waals surface area contributed by atoms with Crippen molar-refractivity contribution in [3.8, 4) is 0 Å². The second-order valence-electron chi connectivity index (χ2n) is 4.35. The Hall–Kier alpha value is -2.29. The first-order chi connectivity index (χ1) is 8.75. The molecule has 0 heterocycles. The molecule has 2 N–H and O–H groups in total. The van der Waals surface area contributed by atoms with Gasteiger partial charge in [0.2, 0.25) is 0 Å². The van der Waals surface area contributed by atoms with Crippen molar-refractivity contribution < 1.29 is 9.53 Å². The zero-order valence-corrected chi connectivity index (χ0v) is 9.85. The van der Waals surface area contributed by atoms with E-state index in [4.69, 9.17) is 10.5 Å². The maximum absolute atomic E-state index is 10.7. The minimum Gasteiger partial charge on any atom is -0.445 e. The monoisotopic (exact) mass is 239 g/mol. The van der Waals surface area contributed by atoms with E-state index in [0.717, 1.165) is 17.6 Å². The van der Waals surface area contributed by atoms with Crippen LogP contribution in [0.1, 0.15) is 11.1 Å². The van der Waals surface area contributed by atoms with Gasteiger partial charge in [-0.05, 0) is 33.9 Å². The summed E-state index contributed by atoms with van der Waals surface area (Å²) in [7, 11) is 0. The Morgan fingerprint density at radius 3 is 2.89 bits per heavy atom. The summed E-state index contributed by atoms with van der Waals surface area (Å²) in [5.41, 5.74) is 8.49. The molecule has 2 aromatic carbocycles.